The zero-order valence-corrected chi connectivity index (χ0v) is 18.4. The number of halogens is 1. The Kier molecular flexibility index (Phi) is 5.44. The van der Waals surface area contributed by atoms with Gasteiger partial charge in [-0.2, -0.15) is 0 Å². The zero-order chi connectivity index (χ0) is 20.7. The van der Waals surface area contributed by atoms with Gasteiger partial charge in [0.1, 0.15) is 5.82 Å². The average molecular weight is 408 g/mol. The number of nitrogens with zero attached hydrogens (tertiary/aromatic N) is 3. The summed E-state index contributed by atoms with van der Waals surface area (Å²) in [5, 5.41) is 0. The minimum atomic E-state index is -0.138. The molecule has 3 atom stereocenters. The van der Waals surface area contributed by atoms with E-state index >= 15 is 0 Å². The Morgan fingerprint density at radius 1 is 1.07 bits per heavy atom. The van der Waals surface area contributed by atoms with E-state index in [0.717, 1.165) is 19.5 Å². The molecule has 3 aliphatic heterocycles. The number of likely N-dealkylation sites (N-methyl/N-ethyl adjacent to an activating group) is 1. The van der Waals surface area contributed by atoms with Gasteiger partial charge in [0.05, 0.1) is 11.4 Å². The van der Waals surface area contributed by atoms with Crippen LogP contribution in [0, 0.1) is 5.82 Å². The summed E-state index contributed by atoms with van der Waals surface area (Å²) in [7, 11) is 2.23. The Morgan fingerprint density at radius 2 is 1.90 bits per heavy atom. The van der Waals surface area contributed by atoms with Crippen LogP contribution in [0.15, 0.2) is 42.5 Å². The molecule has 4 heteroatoms. The van der Waals surface area contributed by atoms with E-state index in [1.54, 1.807) is 17.7 Å². The van der Waals surface area contributed by atoms with Crippen LogP contribution in [0.25, 0.3) is 0 Å². The highest BCUT2D eigenvalue weighted by atomic mass is 19.1. The van der Waals surface area contributed by atoms with Gasteiger partial charge in [-0.1, -0.05) is 31.2 Å². The molecule has 0 bridgehead atoms. The molecular weight excluding hydrogens is 373 g/mol. The molecule has 3 unspecified atom stereocenters. The highest BCUT2D eigenvalue weighted by Gasteiger charge is 2.44. The SMILES string of the molecule is CCC(CCCN1CCC2C(C1)c1cccc3c1N2CCN3C)c1ccc(F)cc1. The fourth-order valence-electron chi connectivity index (χ4n) is 6.08. The highest BCUT2D eigenvalue weighted by Crippen LogP contribution is 2.50. The first-order chi connectivity index (χ1) is 14.7. The third kappa shape index (κ3) is 3.49. The second-order valence-corrected chi connectivity index (χ2v) is 9.39. The molecule has 5 rings (SSSR count). The molecule has 3 nitrogen and oxygen atoms in total. The summed E-state index contributed by atoms with van der Waals surface area (Å²) in [6, 6.07) is 14.7. The van der Waals surface area contributed by atoms with Gasteiger partial charge in [0.25, 0.3) is 0 Å². The van der Waals surface area contributed by atoms with Crippen LogP contribution in [0.5, 0.6) is 0 Å². The van der Waals surface area contributed by atoms with Gasteiger partial charge < -0.3 is 14.7 Å². The lowest BCUT2D eigenvalue weighted by molar-refractivity contribution is 0.189. The van der Waals surface area contributed by atoms with Crippen molar-refractivity contribution in [2.45, 2.75) is 50.5 Å². The quantitative estimate of drug-likeness (QED) is 0.649. The molecule has 0 spiro atoms. The summed E-state index contributed by atoms with van der Waals surface area (Å²) < 4.78 is 13.3. The molecule has 0 N–H and O–H groups in total. The molecule has 160 valence electrons. The first kappa shape index (κ1) is 19.9. The Labute approximate surface area is 180 Å². The standard InChI is InChI=1S/C26H34FN3/c1-3-19(20-9-11-21(27)12-10-20)6-5-14-29-15-13-24-23(18-29)22-7-4-8-25-26(22)30(24)17-16-28(25)2/h4,7-12,19,23-24H,3,5-6,13-18H2,1-2H3. The Balaban J connectivity index is 1.22. The van der Waals surface area contributed by atoms with Crippen molar-refractivity contribution in [3.05, 3.63) is 59.4 Å². The number of fused-ring (bicyclic) bond motifs is 3. The van der Waals surface area contributed by atoms with Gasteiger partial charge in [0.15, 0.2) is 0 Å². The van der Waals surface area contributed by atoms with E-state index in [-0.39, 0.29) is 5.82 Å². The van der Waals surface area contributed by atoms with Gasteiger partial charge in [0.2, 0.25) is 0 Å². The lowest BCUT2D eigenvalue weighted by Gasteiger charge is -2.41. The van der Waals surface area contributed by atoms with E-state index in [4.69, 9.17) is 0 Å². The smallest absolute Gasteiger partial charge is 0.123 e. The maximum absolute atomic E-state index is 13.3. The van der Waals surface area contributed by atoms with Crippen LogP contribution in [0.4, 0.5) is 15.8 Å². The summed E-state index contributed by atoms with van der Waals surface area (Å²) in [6.45, 7) is 8.12. The topological polar surface area (TPSA) is 9.72 Å². The Morgan fingerprint density at radius 3 is 2.70 bits per heavy atom. The molecule has 30 heavy (non-hydrogen) atoms. The fourth-order valence-corrected chi connectivity index (χ4v) is 6.08. The van der Waals surface area contributed by atoms with E-state index in [2.05, 4.69) is 46.9 Å². The molecular formula is C26H34FN3. The van der Waals surface area contributed by atoms with Crippen molar-refractivity contribution in [1.82, 2.24) is 4.90 Å². The molecule has 3 heterocycles. The molecule has 0 saturated carbocycles. The minimum Gasteiger partial charge on any atom is -0.371 e. The van der Waals surface area contributed by atoms with Crippen LogP contribution in [0.2, 0.25) is 0 Å². The van der Waals surface area contributed by atoms with Crippen molar-refractivity contribution in [2.24, 2.45) is 0 Å². The van der Waals surface area contributed by atoms with Gasteiger partial charge in [0, 0.05) is 45.2 Å². The maximum Gasteiger partial charge on any atom is 0.123 e. The third-order valence-electron chi connectivity index (χ3n) is 7.74. The van der Waals surface area contributed by atoms with Gasteiger partial charge in [-0.15, -0.1) is 0 Å². The highest BCUT2D eigenvalue weighted by molar-refractivity contribution is 5.80. The minimum absolute atomic E-state index is 0.138. The summed E-state index contributed by atoms with van der Waals surface area (Å²) >= 11 is 0. The normalized spacial score (nSPS) is 24.0. The number of anilines is 2. The molecule has 2 aromatic rings. The number of benzene rings is 2. The maximum atomic E-state index is 13.3. The number of piperidine rings is 1. The van der Waals surface area contributed by atoms with Crippen LogP contribution >= 0.6 is 0 Å². The molecule has 2 aromatic carbocycles. The summed E-state index contributed by atoms with van der Waals surface area (Å²) in [5.41, 5.74) is 5.80. The van der Waals surface area contributed by atoms with Crippen molar-refractivity contribution in [1.29, 1.82) is 0 Å². The molecule has 0 amide bonds. The predicted octanol–water partition coefficient (Wildman–Crippen LogP) is 5.23. The van der Waals surface area contributed by atoms with Crippen molar-refractivity contribution >= 4 is 11.4 Å². The third-order valence-corrected chi connectivity index (χ3v) is 7.74. The number of rotatable bonds is 6. The molecule has 1 saturated heterocycles. The molecule has 0 radical (unpaired) electrons. The number of hydrogen-bond acceptors (Lipinski definition) is 3. The van der Waals surface area contributed by atoms with Crippen LogP contribution in [0.1, 0.15) is 55.6 Å². The zero-order valence-electron chi connectivity index (χ0n) is 18.4. The summed E-state index contributed by atoms with van der Waals surface area (Å²) in [6.07, 6.45) is 4.80. The lowest BCUT2D eigenvalue weighted by atomic mass is 9.88. The van der Waals surface area contributed by atoms with Crippen molar-refractivity contribution in [2.75, 3.05) is 49.6 Å². The Hall–Kier alpha value is -2.07. The van der Waals surface area contributed by atoms with Crippen LogP contribution < -0.4 is 9.80 Å². The fraction of sp³-hybridized carbons (Fsp3) is 0.538. The number of hydrogen-bond donors (Lipinski definition) is 0. The largest absolute Gasteiger partial charge is 0.371 e. The van der Waals surface area contributed by atoms with Gasteiger partial charge in [-0.05, 0) is 67.5 Å². The Bertz CT molecular complexity index is 880. The van der Waals surface area contributed by atoms with E-state index in [1.165, 1.54) is 55.8 Å². The van der Waals surface area contributed by atoms with Crippen LogP contribution in [-0.2, 0) is 0 Å². The summed E-state index contributed by atoms with van der Waals surface area (Å²) in [5.74, 6) is 1.05. The summed E-state index contributed by atoms with van der Waals surface area (Å²) in [4.78, 5) is 7.83. The van der Waals surface area contributed by atoms with Crippen LogP contribution in [0.3, 0.4) is 0 Å². The molecule has 0 aliphatic carbocycles. The van der Waals surface area contributed by atoms with E-state index in [9.17, 15) is 4.39 Å². The van der Waals surface area contributed by atoms with Crippen molar-refractivity contribution in [3.8, 4) is 0 Å². The van der Waals surface area contributed by atoms with Gasteiger partial charge >= 0.3 is 0 Å². The number of para-hydroxylation sites is 1. The van der Waals surface area contributed by atoms with E-state index in [1.807, 2.05) is 12.1 Å². The molecule has 1 fully saturated rings. The van der Waals surface area contributed by atoms with Crippen molar-refractivity contribution < 1.29 is 4.39 Å². The van der Waals surface area contributed by atoms with Gasteiger partial charge in [-0.25, -0.2) is 4.39 Å². The first-order valence-electron chi connectivity index (χ1n) is 11.7. The first-order valence-corrected chi connectivity index (χ1v) is 11.7. The average Bonchev–Trinajstić information content (AvgIpc) is 3.09. The number of likely N-dealkylation sites (tertiary alicyclic amines) is 1. The molecule has 0 aromatic heterocycles. The predicted molar refractivity (Wildman–Crippen MR) is 123 cm³/mol. The van der Waals surface area contributed by atoms with Crippen molar-refractivity contribution in [3.63, 3.8) is 0 Å². The molecule has 3 aliphatic rings. The van der Waals surface area contributed by atoms with E-state index in [0.29, 0.717) is 17.9 Å². The van der Waals surface area contributed by atoms with Crippen LogP contribution in [-0.4, -0.2) is 50.7 Å². The second kappa shape index (κ2) is 8.22. The lowest BCUT2D eigenvalue weighted by Crippen LogP contribution is -2.49. The second-order valence-electron chi connectivity index (χ2n) is 9.39. The van der Waals surface area contributed by atoms with Gasteiger partial charge in [-0.3, -0.25) is 0 Å². The monoisotopic (exact) mass is 407 g/mol. The van der Waals surface area contributed by atoms with E-state index < -0.39 is 0 Å².